The third-order valence-corrected chi connectivity index (χ3v) is 3.77. The summed E-state index contributed by atoms with van der Waals surface area (Å²) < 4.78 is 2.79. The minimum atomic E-state index is 0.0886. The lowest BCUT2D eigenvalue weighted by atomic mass is 10.2. The molecule has 4 heteroatoms. The number of hydrogen-bond acceptors (Lipinski definition) is 2. The number of thiophene rings is 1. The van der Waals surface area contributed by atoms with Gasteiger partial charge in [-0.3, -0.25) is 4.79 Å². The molecule has 0 amide bonds. The quantitative estimate of drug-likeness (QED) is 0.758. The molecule has 0 radical (unpaired) electrons. The van der Waals surface area contributed by atoms with Crippen LogP contribution < -0.4 is 5.56 Å². The van der Waals surface area contributed by atoms with E-state index >= 15 is 0 Å². The van der Waals surface area contributed by atoms with Crippen molar-refractivity contribution in [3.05, 3.63) is 34.1 Å². The van der Waals surface area contributed by atoms with E-state index in [4.69, 9.17) is 11.6 Å². The van der Waals surface area contributed by atoms with E-state index in [0.29, 0.717) is 18.3 Å². The normalized spacial score (nSPS) is 13.2. The first-order valence-electron chi connectivity index (χ1n) is 4.85. The van der Waals surface area contributed by atoms with E-state index in [9.17, 15) is 4.79 Å². The monoisotopic (exact) mass is 241 g/mol. The van der Waals surface area contributed by atoms with Crippen LogP contribution >= 0.6 is 22.9 Å². The molecule has 2 heterocycles. The minimum Gasteiger partial charge on any atom is -0.315 e. The Bertz CT molecular complexity index is 517. The zero-order valence-corrected chi connectivity index (χ0v) is 10.0. The average Bonchev–Trinajstić information content (AvgIpc) is 2.70. The van der Waals surface area contributed by atoms with Crippen molar-refractivity contribution in [2.75, 3.05) is 5.88 Å². The highest BCUT2D eigenvalue weighted by Crippen LogP contribution is 2.16. The van der Waals surface area contributed by atoms with Gasteiger partial charge in [0.2, 0.25) is 0 Å². The summed E-state index contributed by atoms with van der Waals surface area (Å²) in [6, 6.07) is 3.87. The van der Waals surface area contributed by atoms with Gasteiger partial charge in [-0.25, -0.2) is 0 Å². The average molecular weight is 242 g/mol. The van der Waals surface area contributed by atoms with Crippen LogP contribution in [-0.2, 0) is 6.54 Å². The second-order valence-electron chi connectivity index (χ2n) is 3.73. The fourth-order valence-corrected chi connectivity index (χ4v) is 2.41. The first kappa shape index (κ1) is 10.7. The number of pyridine rings is 1. The summed E-state index contributed by atoms with van der Waals surface area (Å²) in [5.41, 5.74) is 0.0886. The van der Waals surface area contributed by atoms with Gasteiger partial charge in [0.15, 0.2) is 0 Å². The van der Waals surface area contributed by atoms with Crippen molar-refractivity contribution in [1.82, 2.24) is 4.57 Å². The molecular weight excluding hydrogens is 230 g/mol. The van der Waals surface area contributed by atoms with Crippen LogP contribution in [0.25, 0.3) is 10.1 Å². The number of nitrogens with zero attached hydrogens (tertiary/aromatic N) is 1. The van der Waals surface area contributed by atoms with Gasteiger partial charge in [0, 0.05) is 23.3 Å². The molecule has 0 fully saturated rings. The van der Waals surface area contributed by atoms with Crippen molar-refractivity contribution in [2.45, 2.75) is 13.5 Å². The summed E-state index contributed by atoms with van der Waals surface area (Å²) in [6.45, 7) is 2.73. The number of alkyl halides is 1. The third-order valence-electron chi connectivity index (χ3n) is 2.36. The smallest absolute Gasteiger partial charge is 0.259 e. The summed E-state index contributed by atoms with van der Waals surface area (Å²) in [6.07, 6.45) is 1.85. The van der Waals surface area contributed by atoms with Crippen molar-refractivity contribution in [3.63, 3.8) is 0 Å². The Labute approximate surface area is 97.1 Å². The Balaban J connectivity index is 2.44. The molecule has 0 spiro atoms. The zero-order valence-electron chi connectivity index (χ0n) is 8.44. The number of aromatic nitrogens is 1. The SMILES string of the molecule is CC(CCl)Cn1ccc2sccc2c1=O. The molecule has 2 rings (SSSR count). The molecular formula is C11H12ClNOS. The maximum atomic E-state index is 12.0. The predicted molar refractivity (Wildman–Crippen MR) is 66.0 cm³/mol. The molecule has 2 aromatic heterocycles. The van der Waals surface area contributed by atoms with Gasteiger partial charge >= 0.3 is 0 Å². The molecule has 1 unspecified atom stereocenters. The van der Waals surface area contributed by atoms with E-state index < -0.39 is 0 Å². The Kier molecular flexibility index (Phi) is 3.12. The Morgan fingerprint density at radius 2 is 2.33 bits per heavy atom. The second kappa shape index (κ2) is 4.37. The zero-order chi connectivity index (χ0) is 10.8. The van der Waals surface area contributed by atoms with Crippen molar-refractivity contribution >= 4 is 33.0 Å². The molecule has 2 aromatic rings. The molecule has 1 atom stereocenters. The lowest BCUT2D eigenvalue weighted by Crippen LogP contribution is -2.22. The summed E-state index contributed by atoms with van der Waals surface area (Å²) in [7, 11) is 0. The fourth-order valence-electron chi connectivity index (χ4n) is 1.54. The van der Waals surface area contributed by atoms with Gasteiger partial charge in [-0.2, -0.15) is 0 Å². The highest BCUT2D eigenvalue weighted by atomic mass is 35.5. The van der Waals surface area contributed by atoms with E-state index in [-0.39, 0.29) is 5.56 Å². The van der Waals surface area contributed by atoms with E-state index in [0.717, 1.165) is 10.1 Å². The van der Waals surface area contributed by atoms with Gasteiger partial charge in [0.05, 0.1) is 5.39 Å². The van der Waals surface area contributed by atoms with Crippen LogP contribution in [0.2, 0.25) is 0 Å². The van der Waals surface area contributed by atoms with Crippen molar-refractivity contribution in [3.8, 4) is 0 Å². The molecule has 0 saturated heterocycles. The fraction of sp³-hybridized carbons (Fsp3) is 0.364. The van der Waals surface area contributed by atoms with Crippen molar-refractivity contribution in [2.24, 2.45) is 5.92 Å². The van der Waals surface area contributed by atoms with Crippen LogP contribution in [0.1, 0.15) is 6.92 Å². The summed E-state index contributed by atoms with van der Waals surface area (Å²) >= 11 is 7.33. The molecule has 0 aromatic carbocycles. The Hall–Kier alpha value is -0.800. The van der Waals surface area contributed by atoms with Gasteiger partial charge < -0.3 is 4.57 Å². The highest BCUT2D eigenvalue weighted by Gasteiger charge is 2.06. The summed E-state index contributed by atoms with van der Waals surface area (Å²) in [5, 5.41) is 2.76. The molecule has 0 bridgehead atoms. The summed E-state index contributed by atoms with van der Waals surface area (Å²) in [4.78, 5) is 12.0. The van der Waals surface area contributed by atoms with Gasteiger partial charge in [0.1, 0.15) is 0 Å². The highest BCUT2D eigenvalue weighted by molar-refractivity contribution is 7.17. The molecule has 0 aliphatic heterocycles. The van der Waals surface area contributed by atoms with Crippen molar-refractivity contribution < 1.29 is 0 Å². The minimum absolute atomic E-state index is 0.0886. The van der Waals surface area contributed by atoms with Crippen LogP contribution in [0.15, 0.2) is 28.5 Å². The van der Waals surface area contributed by atoms with Crippen LogP contribution in [-0.4, -0.2) is 10.4 Å². The maximum Gasteiger partial charge on any atom is 0.259 e. The second-order valence-corrected chi connectivity index (χ2v) is 4.99. The standard InChI is InChI=1S/C11H12ClNOS/c1-8(6-12)7-13-4-2-10-9(11(13)14)3-5-15-10/h2-5,8H,6-7H2,1H3. The topological polar surface area (TPSA) is 22.0 Å². The Morgan fingerprint density at radius 1 is 1.53 bits per heavy atom. The van der Waals surface area contributed by atoms with Crippen LogP contribution in [0, 0.1) is 5.92 Å². The molecule has 80 valence electrons. The van der Waals surface area contributed by atoms with E-state index in [2.05, 4.69) is 0 Å². The summed E-state index contributed by atoms with van der Waals surface area (Å²) in [5.74, 6) is 0.897. The molecule has 2 nitrogen and oxygen atoms in total. The van der Waals surface area contributed by atoms with E-state index in [1.54, 1.807) is 15.9 Å². The van der Waals surface area contributed by atoms with Crippen LogP contribution in [0.5, 0.6) is 0 Å². The molecule has 0 saturated carbocycles. The molecule has 15 heavy (non-hydrogen) atoms. The van der Waals surface area contributed by atoms with E-state index in [1.807, 2.05) is 30.6 Å². The van der Waals surface area contributed by atoms with Gasteiger partial charge in [-0.1, -0.05) is 6.92 Å². The number of fused-ring (bicyclic) bond motifs is 1. The van der Waals surface area contributed by atoms with Gasteiger partial charge in [-0.15, -0.1) is 22.9 Å². The largest absolute Gasteiger partial charge is 0.315 e. The van der Waals surface area contributed by atoms with Gasteiger partial charge in [-0.05, 0) is 23.4 Å². The predicted octanol–water partition coefficient (Wildman–Crippen LogP) is 2.94. The first-order chi connectivity index (χ1) is 7.22. The lowest BCUT2D eigenvalue weighted by Gasteiger charge is -2.09. The van der Waals surface area contributed by atoms with E-state index in [1.165, 1.54) is 0 Å². The van der Waals surface area contributed by atoms with Crippen LogP contribution in [0.4, 0.5) is 0 Å². The maximum absolute atomic E-state index is 12.0. The molecule has 0 N–H and O–H groups in total. The molecule has 0 aliphatic rings. The number of halogens is 1. The third kappa shape index (κ3) is 2.08. The first-order valence-corrected chi connectivity index (χ1v) is 6.26. The van der Waals surface area contributed by atoms with Gasteiger partial charge in [0.25, 0.3) is 5.56 Å². The number of rotatable bonds is 3. The molecule has 0 aliphatic carbocycles. The lowest BCUT2D eigenvalue weighted by molar-refractivity contribution is 0.518. The number of hydrogen-bond donors (Lipinski definition) is 0. The Morgan fingerprint density at radius 3 is 3.07 bits per heavy atom. The van der Waals surface area contributed by atoms with Crippen molar-refractivity contribution in [1.29, 1.82) is 0 Å². The van der Waals surface area contributed by atoms with Crippen LogP contribution in [0.3, 0.4) is 0 Å².